The van der Waals surface area contributed by atoms with Crippen LogP contribution < -0.4 is 5.32 Å². The molecule has 0 fully saturated rings. The van der Waals surface area contributed by atoms with E-state index in [0.717, 1.165) is 6.42 Å². The number of hydrogen-bond donors (Lipinski definition) is 1. The predicted octanol–water partition coefficient (Wildman–Crippen LogP) is 4.79. The van der Waals surface area contributed by atoms with Gasteiger partial charge in [-0.25, -0.2) is 0 Å². The first-order valence-electron chi connectivity index (χ1n) is 5.95. The monoisotopic (exact) mass is 391 g/mol. The molecule has 2 aromatic rings. The van der Waals surface area contributed by atoms with Gasteiger partial charge in [0.1, 0.15) is 4.34 Å². The first kappa shape index (κ1) is 15.8. The highest BCUT2D eigenvalue weighted by Gasteiger charge is 2.18. The van der Waals surface area contributed by atoms with Crippen molar-refractivity contribution in [3.8, 4) is 0 Å². The maximum atomic E-state index is 12.2. The number of alkyl halides is 1. The van der Waals surface area contributed by atoms with Crippen LogP contribution in [0.15, 0.2) is 36.4 Å². The Hall–Kier alpha value is -0.550. The highest BCUT2D eigenvalue weighted by molar-refractivity contribution is 9.09. The number of benzene rings is 1. The Morgan fingerprint density at radius 1 is 1.30 bits per heavy atom. The van der Waals surface area contributed by atoms with Crippen molar-refractivity contribution in [3.63, 3.8) is 0 Å². The number of carbonyl (C=O) groups excluding carboxylic acids is 1. The second-order valence-electron chi connectivity index (χ2n) is 4.25. The Labute approximate surface area is 140 Å². The average Bonchev–Trinajstić information content (AvgIpc) is 2.78. The van der Waals surface area contributed by atoms with Crippen LogP contribution in [-0.4, -0.2) is 17.3 Å². The zero-order valence-electron chi connectivity index (χ0n) is 10.4. The van der Waals surface area contributed by atoms with Gasteiger partial charge in [-0.2, -0.15) is 0 Å². The number of thiophene rings is 1. The summed E-state index contributed by atoms with van der Waals surface area (Å²) in [5.74, 6) is -0.196. The molecule has 6 heteroatoms. The molecular weight excluding hydrogens is 381 g/mol. The zero-order valence-corrected chi connectivity index (χ0v) is 14.3. The van der Waals surface area contributed by atoms with Crippen molar-refractivity contribution >= 4 is 56.4 Å². The fraction of sp³-hybridized carbons (Fsp3) is 0.214. The third-order valence-corrected chi connectivity index (χ3v) is 5.02. The van der Waals surface area contributed by atoms with Gasteiger partial charge in [0.2, 0.25) is 0 Å². The number of hydrogen-bond acceptors (Lipinski definition) is 2. The number of halogens is 3. The van der Waals surface area contributed by atoms with Crippen molar-refractivity contribution < 1.29 is 4.79 Å². The van der Waals surface area contributed by atoms with Crippen LogP contribution in [0.25, 0.3) is 0 Å². The minimum atomic E-state index is -0.196. The fourth-order valence-electron chi connectivity index (χ4n) is 1.80. The SMILES string of the molecule is O=C(NC(CBr)Cc1ccccc1)c1cc(Cl)sc1Cl. The minimum absolute atomic E-state index is 0.000331. The second-order valence-corrected chi connectivity index (χ2v) is 7.19. The van der Waals surface area contributed by atoms with Crippen molar-refractivity contribution in [1.29, 1.82) is 0 Å². The van der Waals surface area contributed by atoms with Gasteiger partial charge in [0.15, 0.2) is 0 Å². The molecule has 1 atom stereocenters. The largest absolute Gasteiger partial charge is 0.348 e. The summed E-state index contributed by atoms with van der Waals surface area (Å²) in [5, 5.41) is 3.63. The Bertz CT molecular complexity index is 588. The number of rotatable bonds is 5. The summed E-state index contributed by atoms with van der Waals surface area (Å²) in [5.41, 5.74) is 1.60. The van der Waals surface area contributed by atoms with Crippen LogP contribution in [-0.2, 0) is 6.42 Å². The summed E-state index contributed by atoms with van der Waals surface area (Å²) < 4.78 is 0.930. The number of carbonyl (C=O) groups is 1. The normalized spacial score (nSPS) is 12.2. The molecule has 106 valence electrons. The quantitative estimate of drug-likeness (QED) is 0.728. The molecule has 2 rings (SSSR count). The lowest BCUT2D eigenvalue weighted by atomic mass is 10.1. The maximum Gasteiger partial charge on any atom is 0.253 e. The van der Waals surface area contributed by atoms with Gasteiger partial charge in [-0.3, -0.25) is 4.79 Å². The van der Waals surface area contributed by atoms with Crippen LogP contribution >= 0.6 is 50.5 Å². The van der Waals surface area contributed by atoms with E-state index < -0.39 is 0 Å². The van der Waals surface area contributed by atoms with Crippen LogP contribution in [0.4, 0.5) is 0 Å². The van der Waals surface area contributed by atoms with E-state index in [0.29, 0.717) is 19.6 Å². The highest BCUT2D eigenvalue weighted by Crippen LogP contribution is 2.31. The molecule has 0 aliphatic rings. The molecule has 1 unspecified atom stereocenters. The van der Waals surface area contributed by atoms with E-state index in [9.17, 15) is 4.79 Å². The standard InChI is InChI=1S/C14H12BrCl2NOS/c15-8-10(6-9-4-2-1-3-5-9)18-14(19)11-7-12(16)20-13(11)17/h1-5,7,10H,6,8H2,(H,18,19). The molecule has 0 saturated heterocycles. The van der Waals surface area contributed by atoms with E-state index in [2.05, 4.69) is 21.2 Å². The van der Waals surface area contributed by atoms with Gasteiger partial charge in [-0.05, 0) is 18.1 Å². The molecule has 1 aromatic heterocycles. The Kier molecular flexibility index (Phi) is 5.90. The molecule has 20 heavy (non-hydrogen) atoms. The van der Waals surface area contributed by atoms with E-state index in [1.54, 1.807) is 6.07 Å². The zero-order chi connectivity index (χ0) is 14.5. The van der Waals surface area contributed by atoms with Gasteiger partial charge in [0.05, 0.1) is 9.90 Å². The lowest BCUT2D eigenvalue weighted by molar-refractivity contribution is 0.0941. The summed E-state index contributed by atoms with van der Waals surface area (Å²) in [6.45, 7) is 0. The van der Waals surface area contributed by atoms with Gasteiger partial charge in [-0.15, -0.1) is 11.3 Å². The molecule has 0 bridgehead atoms. The molecule has 0 aliphatic carbocycles. The van der Waals surface area contributed by atoms with E-state index in [4.69, 9.17) is 23.2 Å². The summed E-state index contributed by atoms with van der Waals surface area (Å²) in [6.07, 6.45) is 0.757. The highest BCUT2D eigenvalue weighted by atomic mass is 79.9. The van der Waals surface area contributed by atoms with Crippen molar-refractivity contribution in [2.45, 2.75) is 12.5 Å². The van der Waals surface area contributed by atoms with Gasteiger partial charge >= 0.3 is 0 Å². The maximum absolute atomic E-state index is 12.2. The first-order valence-corrected chi connectivity index (χ1v) is 8.65. The van der Waals surface area contributed by atoms with Crippen LogP contribution in [0.1, 0.15) is 15.9 Å². The molecule has 2 nitrogen and oxygen atoms in total. The first-order chi connectivity index (χ1) is 9.60. The molecule has 0 saturated carbocycles. The third kappa shape index (κ3) is 4.22. The lowest BCUT2D eigenvalue weighted by Gasteiger charge is -2.16. The number of amides is 1. The predicted molar refractivity (Wildman–Crippen MR) is 89.5 cm³/mol. The van der Waals surface area contributed by atoms with Crippen LogP contribution in [0.2, 0.25) is 8.67 Å². The van der Waals surface area contributed by atoms with Gasteiger partial charge in [-0.1, -0.05) is 69.5 Å². The Balaban J connectivity index is 2.03. The summed E-state index contributed by atoms with van der Waals surface area (Å²) in [7, 11) is 0. The van der Waals surface area contributed by atoms with Crippen molar-refractivity contribution in [3.05, 3.63) is 56.2 Å². The Morgan fingerprint density at radius 2 is 2.00 bits per heavy atom. The third-order valence-electron chi connectivity index (χ3n) is 2.75. The average molecular weight is 393 g/mol. The number of nitrogens with one attached hydrogen (secondary N) is 1. The van der Waals surface area contributed by atoms with E-state index >= 15 is 0 Å². The van der Waals surface area contributed by atoms with Crippen LogP contribution in [0.3, 0.4) is 0 Å². The van der Waals surface area contributed by atoms with Crippen molar-refractivity contribution in [2.75, 3.05) is 5.33 Å². The van der Waals surface area contributed by atoms with Crippen LogP contribution in [0, 0.1) is 0 Å². The summed E-state index contributed by atoms with van der Waals surface area (Å²) >= 11 is 16.5. The van der Waals surface area contributed by atoms with Gasteiger partial charge < -0.3 is 5.32 Å². The molecule has 1 heterocycles. The molecule has 0 spiro atoms. The van der Waals surface area contributed by atoms with Crippen LogP contribution in [0.5, 0.6) is 0 Å². The summed E-state index contributed by atoms with van der Waals surface area (Å²) in [4.78, 5) is 12.2. The summed E-state index contributed by atoms with van der Waals surface area (Å²) in [6, 6.07) is 11.6. The lowest BCUT2D eigenvalue weighted by Crippen LogP contribution is -2.37. The molecule has 1 N–H and O–H groups in total. The second kappa shape index (κ2) is 7.46. The molecular formula is C14H12BrCl2NOS. The molecule has 0 radical (unpaired) electrons. The molecule has 1 amide bonds. The van der Waals surface area contributed by atoms with Gasteiger partial charge in [0.25, 0.3) is 5.91 Å². The molecule has 1 aromatic carbocycles. The fourth-order valence-corrected chi connectivity index (χ4v) is 3.65. The van der Waals surface area contributed by atoms with Crippen molar-refractivity contribution in [1.82, 2.24) is 5.32 Å². The van der Waals surface area contributed by atoms with Crippen molar-refractivity contribution in [2.24, 2.45) is 0 Å². The smallest absolute Gasteiger partial charge is 0.253 e. The topological polar surface area (TPSA) is 29.1 Å². The van der Waals surface area contributed by atoms with Gasteiger partial charge in [0, 0.05) is 11.4 Å². The minimum Gasteiger partial charge on any atom is -0.348 e. The Morgan fingerprint density at radius 3 is 2.55 bits per heavy atom. The molecule has 0 aliphatic heterocycles. The van der Waals surface area contributed by atoms with E-state index in [-0.39, 0.29) is 11.9 Å². The van der Waals surface area contributed by atoms with E-state index in [1.165, 1.54) is 16.9 Å². The van der Waals surface area contributed by atoms with E-state index in [1.807, 2.05) is 30.3 Å².